The Kier molecular flexibility index (Phi) is 6.23. The zero-order valence-corrected chi connectivity index (χ0v) is 17.8. The molecule has 0 bridgehead atoms. The van der Waals surface area contributed by atoms with Crippen molar-refractivity contribution in [3.8, 4) is 10.6 Å². The minimum Gasteiger partial charge on any atom is -0.465 e. The summed E-state index contributed by atoms with van der Waals surface area (Å²) in [6.45, 7) is -0.515. The van der Waals surface area contributed by atoms with E-state index in [4.69, 9.17) is 9.47 Å². The van der Waals surface area contributed by atoms with Crippen LogP contribution in [0.25, 0.3) is 21.5 Å². The summed E-state index contributed by atoms with van der Waals surface area (Å²) >= 11 is 1.51. The van der Waals surface area contributed by atoms with E-state index in [-0.39, 0.29) is 11.3 Å². The standard InChI is InChI=1S/C24H18N2O5S/c1-30-23(28)16-8-3-5-10-19(16)26-22(27)14-31-24(29)17-13-20(21-11-6-12-32-21)25-18-9-4-2-7-15(17)18/h2-13H,14H2,1H3,(H,26,27). The van der Waals surface area contributed by atoms with Crippen LogP contribution in [-0.4, -0.2) is 36.5 Å². The lowest BCUT2D eigenvalue weighted by molar-refractivity contribution is -0.119. The van der Waals surface area contributed by atoms with Gasteiger partial charge in [-0.3, -0.25) is 4.79 Å². The molecule has 0 radical (unpaired) electrons. The van der Waals surface area contributed by atoms with Crippen LogP contribution in [0.1, 0.15) is 20.7 Å². The molecule has 2 aromatic heterocycles. The molecule has 4 rings (SSSR count). The molecule has 7 nitrogen and oxygen atoms in total. The van der Waals surface area contributed by atoms with Crippen molar-refractivity contribution >= 4 is 45.8 Å². The number of pyridine rings is 1. The predicted molar refractivity (Wildman–Crippen MR) is 122 cm³/mol. The number of aromatic nitrogens is 1. The maximum atomic E-state index is 12.9. The highest BCUT2D eigenvalue weighted by atomic mass is 32.1. The van der Waals surface area contributed by atoms with Gasteiger partial charge in [-0.2, -0.15) is 0 Å². The van der Waals surface area contributed by atoms with Crippen LogP contribution in [0.3, 0.4) is 0 Å². The Morgan fingerprint density at radius 2 is 1.72 bits per heavy atom. The molecular formula is C24H18N2O5S. The van der Waals surface area contributed by atoms with Gasteiger partial charge in [0.15, 0.2) is 6.61 Å². The molecule has 4 aromatic rings. The van der Waals surface area contributed by atoms with E-state index >= 15 is 0 Å². The van der Waals surface area contributed by atoms with Gasteiger partial charge < -0.3 is 14.8 Å². The molecule has 1 N–H and O–H groups in total. The molecule has 0 spiro atoms. The SMILES string of the molecule is COC(=O)c1ccccc1NC(=O)COC(=O)c1cc(-c2cccs2)nc2ccccc12. The molecule has 0 saturated heterocycles. The minimum absolute atomic E-state index is 0.204. The van der Waals surface area contributed by atoms with E-state index in [0.29, 0.717) is 22.2 Å². The number of rotatable bonds is 6. The summed E-state index contributed by atoms with van der Waals surface area (Å²) < 4.78 is 9.99. The molecule has 0 aliphatic carbocycles. The Bertz CT molecular complexity index is 1300. The number of ether oxygens (including phenoxy) is 2. The molecular weight excluding hydrogens is 428 g/mol. The zero-order valence-electron chi connectivity index (χ0n) is 17.0. The molecule has 0 fully saturated rings. The van der Waals surface area contributed by atoms with E-state index in [0.717, 1.165) is 4.88 Å². The summed E-state index contributed by atoms with van der Waals surface area (Å²) in [6, 6.07) is 19.2. The number of carbonyl (C=O) groups is 3. The van der Waals surface area contributed by atoms with Crippen LogP contribution in [0, 0.1) is 0 Å². The van der Waals surface area contributed by atoms with Crippen molar-refractivity contribution in [1.29, 1.82) is 0 Å². The second-order valence-electron chi connectivity index (χ2n) is 6.71. The summed E-state index contributed by atoms with van der Waals surface area (Å²) in [4.78, 5) is 42.6. The fraction of sp³-hybridized carbons (Fsp3) is 0.0833. The van der Waals surface area contributed by atoms with E-state index in [1.807, 2.05) is 35.7 Å². The molecule has 0 unspecified atom stereocenters. The molecule has 2 aromatic carbocycles. The number of nitrogens with one attached hydrogen (secondary N) is 1. The van der Waals surface area contributed by atoms with Crippen LogP contribution in [0.15, 0.2) is 72.1 Å². The first kappa shape index (κ1) is 21.2. The summed E-state index contributed by atoms with van der Waals surface area (Å²) in [5.41, 5.74) is 2.11. The Balaban J connectivity index is 1.53. The van der Waals surface area contributed by atoms with Gasteiger partial charge in [-0.25, -0.2) is 14.6 Å². The van der Waals surface area contributed by atoms with Crippen molar-refractivity contribution < 1.29 is 23.9 Å². The maximum Gasteiger partial charge on any atom is 0.339 e. The molecule has 0 aliphatic rings. The van der Waals surface area contributed by atoms with E-state index < -0.39 is 24.5 Å². The van der Waals surface area contributed by atoms with Crippen LogP contribution < -0.4 is 5.32 Å². The molecule has 8 heteroatoms. The van der Waals surface area contributed by atoms with Crippen LogP contribution in [0.4, 0.5) is 5.69 Å². The maximum absolute atomic E-state index is 12.9. The number of carbonyl (C=O) groups excluding carboxylic acids is 3. The lowest BCUT2D eigenvalue weighted by Gasteiger charge is -2.11. The van der Waals surface area contributed by atoms with Crippen molar-refractivity contribution in [1.82, 2.24) is 4.98 Å². The van der Waals surface area contributed by atoms with Gasteiger partial charge >= 0.3 is 11.9 Å². The second kappa shape index (κ2) is 9.40. The van der Waals surface area contributed by atoms with Crippen LogP contribution >= 0.6 is 11.3 Å². The number of hydrogen-bond acceptors (Lipinski definition) is 7. The number of fused-ring (bicyclic) bond motifs is 1. The first-order chi connectivity index (χ1) is 15.6. The van der Waals surface area contributed by atoms with Gasteiger partial charge in [0.05, 0.1) is 40.0 Å². The molecule has 0 atom stereocenters. The van der Waals surface area contributed by atoms with Gasteiger partial charge in [0.1, 0.15) is 0 Å². The highest BCUT2D eigenvalue weighted by Crippen LogP contribution is 2.28. The van der Waals surface area contributed by atoms with E-state index in [1.165, 1.54) is 24.5 Å². The van der Waals surface area contributed by atoms with Gasteiger partial charge in [0.25, 0.3) is 5.91 Å². The number of esters is 2. The fourth-order valence-electron chi connectivity index (χ4n) is 3.17. The van der Waals surface area contributed by atoms with Crippen LogP contribution in [-0.2, 0) is 14.3 Å². The molecule has 0 saturated carbocycles. The number of anilines is 1. The molecule has 2 heterocycles. The van der Waals surface area contributed by atoms with Gasteiger partial charge in [-0.15, -0.1) is 11.3 Å². The molecule has 32 heavy (non-hydrogen) atoms. The molecule has 1 amide bonds. The smallest absolute Gasteiger partial charge is 0.339 e. The quantitative estimate of drug-likeness (QED) is 0.437. The summed E-state index contributed by atoms with van der Waals surface area (Å²) in [7, 11) is 1.26. The highest BCUT2D eigenvalue weighted by Gasteiger charge is 2.18. The summed E-state index contributed by atoms with van der Waals surface area (Å²) in [5.74, 6) is -1.80. The average molecular weight is 446 g/mol. The second-order valence-corrected chi connectivity index (χ2v) is 7.66. The number of hydrogen-bond donors (Lipinski definition) is 1. The molecule has 160 valence electrons. The van der Waals surface area contributed by atoms with Gasteiger partial charge in [0, 0.05) is 5.39 Å². The fourth-order valence-corrected chi connectivity index (χ4v) is 3.86. The summed E-state index contributed by atoms with van der Waals surface area (Å²) in [5, 5.41) is 5.14. The number of thiophene rings is 1. The number of para-hydroxylation sites is 2. The molecule has 0 aliphatic heterocycles. The van der Waals surface area contributed by atoms with Gasteiger partial charge in [0.2, 0.25) is 0 Å². The summed E-state index contributed by atoms with van der Waals surface area (Å²) in [6.07, 6.45) is 0. The van der Waals surface area contributed by atoms with Crippen LogP contribution in [0.5, 0.6) is 0 Å². The highest BCUT2D eigenvalue weighted by molar-refractivity contribution is 7.13. The van der Waals surface area contributed by atoms with E-state index in [1.54, 1.807) is 30.3 Å². The third kappa shape index (κ3) is 4.50. The van der Waals surface area contributed by atoms with Crippen molar-refractivity contribution in [2.24, 2.45) is 0 Å². The van der Waals surface area contributed by atoms with Crippen molar-refractivity contribution in [3.05, 3.63) is 83.2 Å². The first-order valence-electron chi connectivity index (χ1n) is 9.65. The zero-order chi connectivity index (χ0) is 22.5. The van der Waals surface area contributed by atoms with E-state index in [2.05, 4.69) is 10.3 Å². The Hall–Kier alpha value is -4.04. The Labute approximate surface area is 187 Å². The number of amides is 1. The monoisotopic (exact) mass is 446 g/mol. The Morgan fingerprint density at radius 1 is 0.938 bits per heavy atom. The van der Waals surface area contributed by atoms with Crippen molar-refractivity contribution in [2.75, 3.05) is 19.0 Å². The topological polar surface area (TPSA) is 94.6 Å². The van der Waals surface area contributed by atoms with Crippen molar-refractivity contribution in [3.63, 3.8) is 0 Å². The lowest BCUT2D eigenvalue weighted by atomic mass is 10.1. The Morgan fingerprint density at radius 3 is 2.50 bits per heavy atom. The number of methoxy groups -OCH3 is 1. The van der Waals surface area contributed by atoms with E-state index in [9.17, 15) is 14.4 Å². The third-order valence-corrected chi connectivity index (χ3v) is 5.54. The number of nitrogens with zero attached hydrogens (tertiary/aromatic N) is 1. The number of benzene rings is 2. The van der Waals surface area contributed by atoms with Crippen LogP contribution in [0.2, 0.25) is 0 Å². The third-order valence-electron chi connectivity index (χ3n) is 4.65. The van der Waals surface area contributed by atoms with Gasteiger partial charge in [-0.05, 0) is 35.7 Å². The van der Waals surface area contributed by atoms with Crippen molar-refractivity contribution in [2.45, 2.75) is 0 Å². The average Bonchev–Trinajstić information content (AvgIpc) is 3.37. The normalized spacial score (nSPS) is 10.5. The van der Waals surface area contributed by atoms with Gasteiger partial charge in [-0.1, -0.05) is 36.4 Å². The largest absolute Gasteiger partial charge is 0.465 e. The minimum atomic E-state index is -0.641. The predicted octanol–water partition coefficient (Wildman–Crippen LogP) is 4.55. The first-order valence-corrected chi connectivity index (χ1v) is 10.5. The lowest BCUT2D eigenvalue weighted by Crippen LogP contribution is -2.22.